The highest BCUT2D eigenvalue weighted by Crippen LogP contribution is 2.19. The van der Waals surface area contributed by atoms with Crippen molar-refractivity contribution in [2.24, 2.45) is 0 Å². The molecule has 3 rings (SSSR count). The van der Waals surface area contributed by atoms with E-state index in [0.29, 0.717) is 5.52 Å². The normalized spacial score (nSPS) is 10.8. The molecule has 1 N–H and O–H groups in total. The Labute approximate surface area is 115 Å². The van der Waals surface area contributed by atoms with Gasteiger partial charge >= 0.3 is 0 Å². The van der Waals surface area contributed by atoms with Crippen molar-refractivity contribution < 1.29 is 4.92 Å². The van der Waals surface area contributed by atoms with Gasteiger partial charge in [-0.05, 0) is 18.1 Å². The molecule has 0 atom stereocenters. The first-order valence-electron chi connectivity index (χ1n) is 6.39. The smallest absolute Gasteiger partial charge is 0.271 e. The van der Waals surface area contributed by atoms with Gasteiger partial charge in [0.25, 0.3) is 5.69 Å². The second-order valence-electron chi connectivity index (χ2n) is 4.63. The molecule has 0 amide bonds. The zero-order chi connectivity index (χ0) is 13.9. The molecule has 0 saturated heterocycles. The third kappa shape index (κ3) is 2.51. The van der Waals surface area contributed by atoms with Gasteiger partial charge in [0, 0.05) is 18.6 Å². The average molecular weight is 267 g/mol. The van der Waals surface area contributed by atoms with E-state index in [1.165, 1.54) is 17.7 Å². The quantitative estimate of drug-likeness (QED) is 0.582. The number of nitro groups is 1. The van der Waals surface area contributed by atoms with Crippen molar-refractivity contribution in [2.75, 3.05) is 0 Å². The SMILES string of the molecule is O=[N+]([O-])c1ccc2nc(CCc3ccccc3)[nH]c2c1. The van der Waals surface area contributed by atoms with Crippen LogP contribution in [-0.4, -0.2) is 14.9 Å². The Morgan fingerprint density at radius 1 is 1.10 bits per heavy atom. The summed E-state index contributed by atoms with van der Waals surface area (Å²) >= 11 is 0. The molecular formula is C15H13N3O2. The Hall–Kier alpha value is -2.69. The maximum atomic E-state index is 10.7. The van der Waals surface area contributed by atoms with Crippen LogP contribution in [0, 0.1) is 10.1 Å². The second kappa shape index (κ2) is 5.13. The Morgan fingerprint density at radius 3 is 2.65 bits per heavy atom. The van der Waals surface area contributed by atoms with Crippen molar-refractivity contribution in [1.82, 2.24) is 9.97 Å². The van der Waals surface area contributed by atoms with Gasteiger partial charge in [0.15, 0.2) is 0 Å². The lowest BCUT2D eigenvalue weighted by atomic mass is 10.1. The highest BCUT2D eigenvalue weighted by molar-refractivity contribution is 5.77. The van der Waals surface area contributed by atoms with Gasteiger partial charge in [0.1, 0.15) is 5.82 Å². The number of nitrogens with one attached hydrogen (secondary N) is 1. The topological polar surface area (TPSA) is 71.8 Å². The van der Waals surface area contributed by atoms with Crippen molar-refractivity contribution in [3.63, 3.8) is 0 Å². The maximum absolute atomic E-state index is 10.7. The molecular weight excluding hydrogens is 254 g/mol. The molecule has 0 aliphatic rings. The summed E-state index contributed by atoms with van der Waals surface area (Å²) in [6, 6.07) is 14.8. The van der Waals surface area contributed by atoms with E-state index < -0.39 is 4.92 Å². The van der Waals surface area contributed by atoms with Crippen LogP contribution in [0.2, 0.25) is 0 Å². The number of nitrogens with zero attached hydrogens (tertiary/aromatic N) is 2. The lowest BCUT2D eigenvalue weighted by molar-refractivity contribution is -0.384. The van der Waals surface area contributed by atoms with Gasteiger partial charge in [-0.15, -0.1) is 0 Å². The van der Waals surface area contributed by atoms with E-state index in [2.05, 4.69) is 22.1 Å². The zero-order valence-corrected chi connectivity index (χ0v) is 10.7. The number of hydrogen-bond acceptors (Lipinski definition) is 3. The molecule has 0 spiro atoms. The summed E-state index contributed by atoms with van der Waals surface area (Å²) in [6.45, 7) is 0. The van der Waals surface area contributed by atoms with E-state index in [1.807, 2.05) is 18.2 Å². The molecule has 0 unspecified atom stereocenters. The van der Waals surface area contributed by atoms with Gasteiger partial charge in [-0.3, -0.25) is 10.1 Å². The van der Waals surface area contributed by atoms with Gasteiger partial charge in [-0.1, -0.05) is 30.3 Å². The number of imidazole rings is 1. The summed E-state index contributed by atoms with van der Waals surface area (Å²) in [5.74, 6) is 0.851. The van der Waals surface area contributed by atoms with Crippen LogP contribution < -0.4 is 0 Å². The van der Waals surface area contributed by atoms with Crippen molar-refractivity contribution in [3.05, 3.63) is 70.0 Å². The number of fused-ring (bicyclic) bond motifs is 1. The predicted molar refractivity (Wildman–Crippen MR) is 76.6 cm³/mol. The van der Waals surface area contributed by atoms with Crippen molar-refractivity contribution in [2.45, 2.75) is 12.8 Å². The number of aromatic amines is 1. The van der Waals surface area contributed by atoms with Gasteiger partial charge in [0.2, 0.25) is 0 Å². The number of aromatic nitrogens is 2. The number of aryl methyl sites for hydroxylation is 2. The minimum absolute atomic E-state index is 0.0794. The van der Waals surface area contributed by atoms with Crippen LogP contribution in [0.25, 0.3) is 11.0 Å². The molecule has 3 aromatic rings. The second-order valence-corrected chi connectivity index (χ2v) is 4.63. The molecule has 100 valence electrons. The van der Waals surface area contributed by atoms with Gasteiger partial charge in [-0.25, -0.2) is 4.98 Å². The largest absolute Gasteiger partial charge is 0.342 e. The van der Waals surface area contributed by atoms with Crippen LogP contribution in [0.4, 0.5) is 5.69 Å². The van der Waals surface area contributed by atoms with Crippen molar-refractivity contribution >= 4 is 16.7 Å². The predicted octanol–water partition coefficient (Wildman–Crippen LogP) is 3.26. The summed E-state index contributed by atoms with van der Waals surface area (Å²) in [5, 5.41) is 10.7. The zero-order valence-electron chi connectivity index (χ0n) is 10.7. The molecule has 5 nitrogen and oxygen atoms in total. The highest BCUT2D eigenvalue weighted by atomic mass is 16.6. The van der Waals surface area contributed by atoms with Crippen molar-refractivity contribution in [3.8, 4) is 0 Å². The number of nitro benzene ring substituents is 1. The summed E-state index contributed by atoms with van der Waals surface area (Å²) in [4.78, 5) is 17.9. The molecule has 0 aliphatic carbocycles. The molecule has 0 saturated carbocycles. The molecule has 1 heterocycles. The summed E-state index contributed by atoms with van der Waals surface area (Å²) in [5.41, 5.74) is 2.80. The van der Waals surface area contributed by atoms with Gasteiger partial charge in [-0.2, -0.15) is 0 Å². The van der Waals surface area contributed by atoms with Crippen molar-refractivity contribution in [1.29, 1.82) is 0 Å². The number of rotatable bonds is 4. The van der Waals surface area contributed by atoms with E-state index in [1.54, 1.807) is 6.07 Å². The fourth-order valence-electron chi connectivity index (χ4n) is 2.19. The Morgan fingerprint density at radius 2 is 1.90 bits per heavy atom. The van der Waals surface area contributed by atoms with Crippen LogP contribution in [0.1, 0.15) is 11.4 Å². The Balaban J connectivity index is 1.80. The van der Waals surface area contributed by atoms with Gasteiger partial charge < -0.3 is 4.98 Å². The Bertz CT molecular complexity index is 750. The Kier molecular flexibility index (Phi) is 3.16. The molecule has 1 aromatic heterocycles. The van der Waals surface area contributed by atoms with E-state index in [0.717, 1.165) is 24.2 Å². The summed E-state index contributed by atoms with van der Waals surface area (Å²) < 4.78 is 0. The summed E-state index contributed by atoms with van der Waals surface area (Å²) in [6.07, 6.45) is 1.68. The molecule has 2 aromatic carbocycles. The molecule has 0 bridgehead atoms. The van der Waals surface area contributed by atoms with E-state index in [4.69, 9.17) is 0 Å². The minimum Gasteiger partial charge on any atom is -0.342 e. The first kappa shape index (κ1) is 12.3. The fourth-order valence-corrected chi connectivity index (χ4v) is 2.19. The number of H-pyrrole nitrogens is 1. The lowest BCUT2D eigenvalue weighted by Crippen LogP contribution is -1.92. The highest BCUT2D eigenvalue weighted by Gasteiger charge is 2.09. The van der Waals surface area contributed by atoms with E-state index >= 15 is 0 Å². The monoisotopic (exact) mass is 267 g/mol. The number of non-ortho nitro benzene ring substituents is 1. The maximum Gasteiger partial charge on any atom is 0.271 e. The lowest BCUT2D eigenvalue weighted by Gasteiger charge is -1.97. The van der Waals surface area contributed by atoms with Gasteiger partial charge in [0.05, 0.1) is 16.0 Å². The number of hydrogen-bond donors (Lipinski definition) is 1. The van der Waals surface area contributed by atoms with Crippen LogP contribution in [-0.2, 0) is 12.8 Å². The van der Waals surface area contributed by atoms with Crippen LogP contribution in [0.15, 0.2) is 48.5 Å². The minimum atomic E-state index is -0.399. The molecule has 0 fully saturated rings. The van der Waals surface area contributed by atoms with E-state index in [-0.39, 0.29) is 5.69 Å². The third-order valence-corrected chi connectivity index (χ3v) is 3.22. The molecule has 0 radical (unpaired) electrons. The first-order chi connectivity index (χ1) is 9.72. The first-order valence-corrected chi connectivity index (χ1v) is 6.39. The van der Waals surface area contributed by atoms with Crippen LogP contribution >= 0.6 is 0 Å². The molecule has 0 aliphatic heterocycles. The average Bonchev–Trinajstić information content (AvgIpc) is 2.88. The molecule has 20 heavy (non-hydrogen) atoms. The molecule has 5 heteroatoms. The third-order valence-electron chi connectivity index (χ3n) is 3.22. The summed E-state index contributed by atoms with van der Waals surface area (Å²) in [7, 11) is 0. The standard InChI is InChI=1S/C15H13N3O2/c19-18(20)12-7-8-13-14(10-12)17-15(16-13)9-6-11-4-2-1-3-5-11/h1-5,7-8,10H,6,9H2,(H,16,17). The number of benzene rings is 2. The fraction of sp³-hybridized carbons (Fsp3) is 0.133. The van der Waals surface area contributed by atoms with Crippen LogP contribution in [0.3, 0.4) is 0 Å². The van der Waals surface area contributed by atoms with Crippen LogP contribution in [0.5, 0.6) is 0 Å². The van der Waals surface area contributed by atoms with E-state index in [9.17, 15) is 10.1 Å².